The van der Waals surface area contributed by atoms with Gasteiger partial charge in [0.25, 0.3) is 0 Å². The summed E-state index contributed by atoms with van der Waals surface area (Å²) in [7, 11) is 0. The first-order chi connectivity index (χ1) is 25.3. The Morgan fingerprint density at radius 3 is 1.86 bits per heavy atom. The number of para-hydroxylation sites is 1. The molecule has 6 nitrogen and oxygen atoms in total. The Kier molecular flexibility index (Phi) is 6.19. The molecule has 5 aromatic heterocycles. The molecule has 0 aliphatic heterocycles. The lowest BCUT2D eigenvalue weighted by molar-refractivity contribution is 0.955. The maximum absolute atomic E-state index is 5.30. The number of rotatable bonds is 4. The Labute approximate surface area is 299 Å². The third kappa shape index (κ3) is 4.30. The molecule has 51 heavy (non-hydrogen) atoms. The van der Waals surface area contributed by atoms with Crippen molar-refractivity contribution in [3.8, 4) is 39.9 Å². The number of thiophene rings is 2. The van der Waals surface area contributed by atoms with Crippen molar-refractivity contribution in [3.05, 3.63) is 146 Å². The van der Waals surface area contributed by atoms with Gasteiger partial charge in [-0.25, -0.2) is 15.0 Å². The average Bonchev–Trinajstić information content (AvgIpc) is 3.88. The highest BCUT2D eigenvalue weighted by Crippen LogP contribution is 2.51. The van der Waals surface area contributed by atoms with Gasteiger partial charge in [0.15, 0.2) is 11.6 Å². The predicted molar refractivity (Wildman–Crippen MR) is 212 cm³/mol. The van der Waals surface area contributed by atoms with E-state index in [2.05, 4.69) is 119 Å². The van der Waals surface area contributed by atoms with Gasteiger partial charge in [0.2, 0.25) is 5.95 Å². The van der Waals surface area contributed by atoms with Gasteiger partial charge in [0.05, 0.1) is 20.4 Å². The van der Waals surface area contributed by atoms with E-state index in [1.165, 1.54) is 35.8 Å². The molecule has 0 radical (unpaired) electrons. The lowest BCUT2D eigenvalue weighted by atomic mass is 10.0. The minimum absolute atomic E-state index is 0.573. The molecule has 11 rings (SSSR count). The molecule has 0 aliphatic rings. The van der Waals surface area contributed by atoms with E-state index < -0.39 is 0 Å². The zero-order valence-electron chi connectivity index (χ0n) is 26.9. The molecule has 8 heteroatoms. The summed E-state index contributed by atoms with van der Waals surface area (Å²) >= 11 is 3.57. The summed E-state index contributed by atoms with van der Waals surface area (Å²) in [4.78, 5) is 25.8. The van der Waals surface area contributed by atoms with E-state index in [-0.39, 0.29) is 0 Å². The van der Waals surface area contributed by atoms with Crippen molar-refractivity contribution in [2.75, 3.05) is 0 Å². The van der Waals surface area contributed by atoms with Crippen LogP contribution in [-0.2, 0) is 0 Å². The van der Waals surface area contributed by atoms with Crippen molar-refractivity contribution in [3.63, 3.8) is 0 Å². The Hall–Kier alpha value is -6.35. The number of fused-ring (bicyclic) bond motifs is 12. The van der Waals surface area contributed by atoms with Crippen molar-refractivity contribution < 1.29 is 0 Å². The summed E-state index contributed by atoms with van der Waals surface area (Å²) in [6.07, 6.45) is 3.60. The zero-order chi connectivity index (χ0) is 33.5. The zero-order valence-corrected chi connectivity index (χ0v) is 28.5. The fourth-order valence-electron chi connectivity index (χ4n) is 7.38. The lowest BCUT2D eigenvalue weighted by Crippen LogP contribution is -2.06. The monoisotopic (exact) mass is 688 g/mol. The Bertz CT molecular complexity index is 3130. The molecule has 0 spiro atoms. The van der Waals surface area contributed by atoms with Gasteiger partial charge in [-0.2, -0.15) is 9.97 Å². The Morgan fingerprint density at radius 1 is 0.471 bits per heavy atom. The van der Waals surface area contributed by atoms with Gasteiger partial charge in [-0.15, -0.1) is 22.7 Å². The number of hydrogen-bond acceptors (Lipinski definition) is 7. The molecule has 0 unspecified atom stereocenters. The highest BCUT2D eigenvalue weighted by molar-refractivity contribution is 7.33. The summed E-state index contributed by atoms with van der Waals surface area (Å²) in [5, 5.41) is 6.94. The van der Waals surface area contributed by atoms with Crippen LogP contribution >= 0.6 is 22.7 Å². The van der Waals surface area contributed by atoms with Gasteiger partial charge in [-0.1, -0.05) is 121 Å². The number of hydrogen-bond donors (Lipinski definition) is 0. The molecule has 0 fully saturated rings. The summed E-state index contributed by atoms with van der Waals surface area (Å²) in [6.45, 7) is 0. The summed E-state index contributed by atoms with van der Waals surface area (Å²) in [5.41, 5.74) is 6.27. The van der Waals surface area contributed by atoms with Crippen LogP contribution in [0.4, 0.5) is 0 Å². The van der Waals surface area contributed by atoms with E-state index in [4.69, 9.17) is 19.9 Å². The van der Waals surface area contributed by atoms with Crippen molar-refractivity contribution in [2.24, 2.45) is 0 Å². The van der Waals surface area contributed by atoms with Crippen LogP contribution in [0.25, 0.3) is 102 Å². The number of nitrogens with zero attached hydrogens (tertiary/aromatic N) is 6. The van der Waals surface area contributed by atoms with Crippen LogP contribution in [-0.4, -0.2) is 29.5 Å². The minimum Gasteiger partial charge on any atom is -0.277 e. The molecule has 0 atom stereocenters. The van der Waals surface area contributed by atoms with E-state index in [0.29, 0.717) is 17.6 Å². The van der Waals surface area contributed by atoms with Crippen LogP contribution in [0.3, 0.4) is 0 Å². The van der Waals surface area contributed by atoms with E-state index in [0.717, 1.165) is 48.7 Å². The SMILES string of the molecule is c1ccc(-c2ccc(-c3nc(-c4ccccc4)nc(-n4c5ccccc5c5c6c7cncnc7sc6c6sc7ccccc7c6c54)n3)cc2)cc1. The van der Waals surface area contributed by atoms with E-state index >= 15 is 0 Å². The van der Waals surface area contributed by atoms with Gasteiger partial charge >= 0.3 is 0 Å². The second-order valence-corrected chi connectivity index (χ2v) is 14.6. The van der Waals surface area contributed by atoms with Crippen LogP contribution < -0.4 is 0 Å². The smallest absolute Gasteiger partial charge is 0.238 e. The average molecular weight is 689 g/mol. The molecule has 238 valence electrons. The number of benzene rings is 6. The molecular weight excluding hydrogens is 665 g/mol. The van der Waals surface area contributed by atoms with E-state index in [9.17, 15) is 0 Å². The van der Waals surface area contributed by atoms with Gasteiger partial charge in [-0.3, -0.25) is 4.57 Å². The van der Waals surface area contributed by atoms with Crippen molar-refractivity contribution in [1.82, 2.24) is 29.5 Å². The maximum atomic E-state index is 5.30. The second kappa shape index (κ2) is 11.1. The molecule has 6 aromatic carbocycles. The summed E-state index contributed by atoms with van der Waals surface area (Å²) < 4.78 is 5.97. The largest absolute Gasteiger partial charge is 0.277 e. The van der Waals surface area contributed by atoms with Crippen LogP contribution in [0.1, 0.15) is 0 Å². The lowest BCUT2D eigenvalue weighted by Gasteiger charge is -2.12. The first kappa shape index (κ1) is 28.5. The summed E-state index contributed by atoms with van der Waals surface area (Å²) in [5.74, 6) is 1.81. The van der Waals surface area contributed by atoms with Crippen LogP contribution in [0.2, 0.25) is 0 Å². The standard InChI is InChI=1S/C43H24N6S2/c1-3-11-25(12-4-1)26-19-21-28(22-20-26)41-46-40(27-13-5-2-6-14-27)47-43(48-41)49-32-17-9-7-15-29(32)34-35-31-23-44-24-45-42(31)51-38(35)39-36(37(34)49)30-16-8-10-18-33(30)50-39/h1-24H. The van der Waals surface area contributed by atoms with E-state index in [1.54, 1.807) is 17.7 Å². The van der Waals surface area contributed by atoms with Crippen molar-refractivity contribution in [1.29, 1.82) is 0 Å². The van der Waals surface area contributed by atoms with E-state index in [1.807, 2.05) is 41.8 Å². The topological polar surface area (TPSA) is 69.4 Å². The molecule has 0 amide bonds. The molecule has 0 bridgehead atoms. The maximum Gasteiger partial charge on any atom is 0.238 e. The normalized spacial score (nSPS) is 11.9. The van der Waals surface area contributed by atoms with Crippen LogP contribution in [0, 0.1) is 0 Å². The highest BCUT2D eigenvalue weighted by Gasteiger charge is 2.26. The Balaban J connectivity index is 1.28. The quantitative estimate of drug-likeness (QED) is 0.184. The fraction of sp³-hybridized carbons (Fsp3) is 0. The molecule has 0 saturated carbocycles. The number of aromatic nitrogens is 6. The van der Waals surface area contributed by atoms with Crippen LogP contribution in [0.5, 0.6) is 0 Å². The third-order valence-electron chi connectivity index (χ3n) is 9.64. The van der Waals surface area contributed by atoms with Gasteiger partial charge < -0.3 is 0 Å². The predicted octanol–water partition coefficient (Wildman–Crippen LogP) is 11.5. The van der Waals surface area contributed by atoms with Gasteiger partial charge in [-0.05, 0) is 23.3 Å². The second-order valence-electron chi connectivity index (χ2n) is 12.5. The molecule has 0 aliphatic carbocycles. The third-order valence-corrected chi connectivity index (χ3v) is 12.1. The van der Waals surface area contributed by atoms with Crippen molar-refractivity contribution in [2.45, 2.75) is 0 Å². The molecule has 0 saturated heterocycles. The fourth-order valence-corrected chi connectivity index (χ4v) is 9.85. The molecule has 5 heterocycles. The van der Waals surface area contributed by atoms with Gasteiger partial charge in [0, 0.05) is 54.3 Å². The highest BCUT2D eigenvalue weighted by atomic mass is 32.1. The first-order valence-electron chi connectivity index (χ1n) is 16.7. The molecular formula is C43H24N6S2. The minimum atomic E-state index is 0.573. The molecule has 0 N–H and O–H groups in total. The van der Waals surface area contributed by atoms with Crippen LogP contribution in [0.15, 0.2) is 146 Å². The first-order valence-corrected chi connectivity index (χ1v) is 18.3. The molecule has 11 aromatic rings. The van der Waals surface area contributed by atoms with Gasteiger partial charge in [0.1, 0.15) is 11.2 Å². The summed E-state index contributed by atoms with van der Waals surface area (Å²) in [6, 6.07) is 46.3. The van der Waals surface area contributed by atoms with Crippen molar-refractivity contribution >= 4 is 85.0 Å². The Morgan fingerprint density at radius 2 is 1.08 bits per heavy atom.